The first-order chi connectivity index (χ1) is 9.33. The summed E-state index contributed by atoms with van der Waals surface area (Å²) in [6, 6.07) is 0. The monoisotopic (exact) mass is 303 g/mol. The van der Waals surface area contributed by atoms with Gasteiger partial charge in [-0.15, -0.1) is 0 Å². The molecule has 3 rings (SSSR count). The highest BCUT2D eigenvalue weighted by Gasteiger charge is 2.72. The van der Waals surface area contributed by atoms with Gasteiger partial charge in [0.05, 0.1) is 0 Å². The SMILES string of the molecule is Cn1c(=O)nc(SCC2CCC3(C2)CC3(F)F)[nH]c1=O. The van der Waals surface area contributed by atoms with E-state index in [1.165, 1.54) is 18.8 Å². The van der Waals surface area contributed by atoms with Crippen molar-refractivity contribution in [2.24, 2.45) is 18.4 Å². The standard InChI is InChI=1S/C12H15F2N3O2S/c1-17-9(18)15-8(16-10(17)19)20-5-7-2-3-11(4-7)6-12(11,13)14/h7H,2-6H2,1H3,(H,15,16,18,19). The summed E-state index contributed by atoms with van der Waals surface area (Å²) in [5.41, 5.74) is -1.87. The van der Waals surface area contributed by atoms with Crippen molar-refractivity contribution in [2.75, 3.05) is 5.75 Å². The molecule has 1 spiro atoms. The van der Waals surface area contributed by atoms with Crippen LogP contribution in [0.3, 0.4) is 0 Å². The number of hydrogen-bond donors (Lipinski definition) is 1. The summed E-state index contributed by atoms with van der Waals surface area (Å²) >= 11 is 1.26. The van der Waals surface area contributed by atoms with Crippen LogP contribution in [0, 0.1) is 11.3 Å². The van der Waals surface area contributed by atoms with Crippen molar-refractivity contribution in [3.8, 4) is 0 Å². The van der Waals surface area contributed by atoms with Crippen molar-refractivity contribution >= 4 is 11.8 Å². The first-order valence-corrected chi connectivity index (χ1v) is 7.50. The fraction of sp³-hybridized carbons (Fsp3) is 0.750. The van der Waals surface area contributed by atoms with Gasteiger partial charge in [0, 0.05) is 24.6 Å². The summed E-state index contributed by atoms with van der Waals surface area (Å²) in [6.07, 6.45) is 1.90. The molecule has 1 aromatic rings. The van der Waals surface area contributed by atoms with Crippen LogP contribution in [0.5, 0.6) is 0 Å². The van der Waals surface area contributed by atoms with Crippen molar-refractivity contribution in [3.05, 3.63) is 21.0 Å². The Hall–Kier alpha value is -1.18. The smallest absolute Gasteiger partial charge is 0.286 e. The van der Waals surface area contributed by atoms with Gasteiger partial charge in [0.25, 0.3) is 5.92 Å². The van der Waals surface area contributed by atoms with Gasteiger partial charge in [-0.1, -0.05) is 11.8 Å². The van der Waals surface area contributed by atoms with Crippen molar-refractivity contribution in [2.45, 2.75) is 36.8 Å². The molecule has 5 nitrogen and oxygen atoms in total. The molecule has 110 valence electrons. The van der Waals surface area contributed by atoms with Gasteiger partial charge < -0.3 is 0 Å². The highest BCUT2D eigenvalue weighted by molar-refractivity contribution is 7.99. The highest BCUT2D eigenvalue weighted by atomic mass is 32.2. The molecule has 1 N–H and O–H groups in total. The van der Waals surface area contributed by atoms with Crippen LogP contribution in [0.1, 0.15) is 25.7 Å². The van der Waals surface area contributed by atoms with E-state index in [2.05, 4.69) is 9.97 Å². The molecule has 1 aromatic heterocycles. The molecule has 0 aromatic carbocycles. The van der Waals surface area contributed by atoms with E-state index in [0.717, 1.165) is 11.0 Å². The van der Waals surface area contributed by atoms with Gasteiger partial charge in [-0.2, -0.15) is 4.98 Å². The largest absolute Gasteiger partial charge is 0.353 e. The number of nitrogens with zero attached hydrogens (tertiary/aromatic N) is 2. The summed E-state index contributed by atoms with van der Waals surface area (Å²) in [6.45, 7) is 0. The van der Waals surface area contributed by atoms with E-state index in [1.54, 1.807) is 0 Å². The van der Waals surface area contributed by atoms with Crippen molar-refractivity contribution in [3.63, 3.8) is 0 Å². The molecule has 1 heterocycles. The maximum absolute atomic E-state index is 13.3. The van der Waals surface area contributed by atoms with E-state index in [0.29, 0.717) is 18.6 Å². The van der Waals surface area contributed by atoms with Crippen LogP contribution in [0.15, 0.2) is 14.7 Å². The van der Waals surface area contributed by atoms with Crippen LogP contribution in [0.2, 0.25) is 0 Å². The average Bonchev–Trinajstić information content (AvgIpc) is 2.71. The maximum Gasteiger partial charge on any atom is 0.353 e. The second-order valence-electron chi connectivity index (χ2n) is 5.77. The first-order valence-electron chi connectivity index (χ1n) is 6.51. The molecule has 20 heavy (non-hydrogen) atoms. The fourth-order valence-electron chi connectivity index (χ4n) is 2.97. The summed E-state index contributed by atoms with van der Waals surface area (Å²) < 4.78 is 27.4. The second-order valence-corrected chi connectivity index (χ2v) is 6.78. The molecule has 0 radical (unpaired) electrons. The van der Waals surface area contributed by atoms with Gasteiger partial charge in [-0.05, 0) is 25.2 Å². The van der Waals surface area contributed by atoms with E-state index in [-0.39, 0.29) is 17.5 Å². The number of alkyl halides is 2. The van der Waals surface area contributed by atoms with Gasteiger partial charge in [0.1, 0.15) is 0 Å². The highest BCUT2D eigenvalue weighted by Crippen LogP contribution is 2.69. The van der Waals surface area contributed by atoms with Gasteiger partial charge >= 0.3 is 11.4 Å². The van der Waals surface area contributed by atoms with Crippen LogP contribution >= 0.6 is 11.8 Å². The van der Waals surface area contributed by atoms with Crippen LogP contribution in [0.25, 0.3) is 0 Å². The molecule has 0 saturated heterocycles. The molecular formula is C12H15F2N3O2S. The lowest BCUT2D eigenvalue weighted by Gasteiger charge is -2.09. The Kier molecular flexibility index (Phi) is 3.04. The average molecular weight is 303 g/mol. The van der Waals surface area contributed by atoms with Crippen LogP contribution in [-0.4, -0.2) is 26.2 Å². The lowest BCUT2D eigenvalue weighted by Crippen LogP contribution is -2.35. The third-order valence-electron chi connectivity index (χ3n) is 4.38. The molecule has 8 heteroatoms. The first kappa shape index (κ1) is 13.8. The number of nitrogens with one attached hydrogen (secondary N) is 1. The summed E-state index contributed by atoms with van der Waals surface area (Å²) in [4.78, 5) is 29.0. The third-order valence-corrected chi connectivity index (χ3v) is 5.49. The Balaban J connectivity index is 1.62. The minimum absolute atomic E-state index is 0.0160. The van der Waals surface area contributed by atoms with E-state index in [9.17, 15) is 18.4 Å². The van der Waals surface area contributed by atoms with Gasteiger partial charge in [-0.25, -0.2) is 22.9 Å². The van der Waals surface area contributed by atoms with Crippen molar-refractivity contribution < 1.29 is 8.78 Å². The normalized spacial score (nSPS) is 30.9. The molecule has 0 amide bonds. The summed E-state index contributed by atoms with van der Waals surface area (Å²) in [5.74, 6) is -1.68. The van der Waals surface area contributed by atoms with Crippen molar-refractivity contribution in [1.29, 1.82) is 0 Å². The Labute approximate surface area is 117 Å². The molecule has 0 bridgehead atoms. The maximum atomic E-state index is 13.3. The summed E-state index contributed by atoms with van der Waals surface area (Å²) in [7, 11) is 1.35. The van der Waals surface area contributed by atoms with E-state index < -0.39 is 22.7 Å². The van der Waals surface area contributed by atoms with Gasteiger partial charge in [0.2, 0.25) is 0 Å². The van der Waals surface area contributed by atoms with E-state index in [1.807, 2.05) is 0 Å². The zero-order chi connectivity index (χ0) is 14.5. The minimum Gasteiger partial charge on any atom is -0.286 e. The third kappa shape index (κ3) is 2.19. The number of hydrogen-bond acceptors (Lipinski definition) is 4. The number of thioether (sulfide) groups is 1. The van der Waals surface area contributed by atoms with Crippen LogP contribution < -0.4 is 11.4 Å². The Morgan fingerprint density at radius 1 is 1.50 bits per heavy atom. The number of halogens is 2. The molecule has 2 aliphatic rings. The molecule has 2 aliphatic carbocycles. The van der Waals surface area contributed by atoms with Gasteiger partial charge in [-0.3, -0.25) is 4.98 Å². The zero-order valence-electron chi connectivity index (χ0n) is 11.0. The number of H-pyrrole nitrogens is 1. The topological polar surface area (TPSA) is 67.8 Å². The van der Waals surface area contributed by atoms with Crippen molar-refractivity contribution in [1.82, 2.24) is 14.5 Å². The molecule has 0 aliphatic heterocycles. The summed E-state index contributed by atoms with van der Waals surface area (Å²) in [5, 5.41) is 0.265. The minimum atomic E-state index is -2.48. The molecule has 2 atom stereocenters. The lowest BCUT2D eigenvalue weighted by molar-refractivity contribution is 0.0648. The van der Waals surface area contributed by atoms with E-state index >= 15 is 0 Å². The lowest BCUT2D eigenvalue weighted by atomic mass is 10.0. The fourth-order valence-corrected chi connectivity index (χ4v) is 3.95. The number of rotatable bonds is 3. The van der Waals surface area contributed by atoms with E-state index in [4.69, 9.17) is 0 Å². The Bertz CT molecular complexity index is 626. The Morgan fingerprint density at radius 2 is 2.20 bits per heavy atom. The van der Waals surface area contributed by atoms with Crippen LogP contribution in [0.4, 0.5) is 8.78 Å². The van der Waals surface area contributed by atoms with Gasteiger partial charge in [0.15, 0.2) is 5.16 Å². The number of aromatic amines is 1. The molecule has 2 fully saturated rings. The number of aromatic nitrogens is 3. The quantitative estimate of drug-likeness (QED) is 0.857. The molecule has 2 saturated carbocycles. The predicted molar refractivity (Wildman–Crippen MR) is 70.2 cm³/mol. The zero-order valence-corrected chi connectivity index (χ0v) is 11.8. The molecule has 2 unspecified atom stereocenters. The van der Waals surface area contributed by atoms with Crippen LogP contribution in [-0.2, 0) is 7.05 Å². The second kappa shape index (κ2) is 4.41. The Morgan fingerprint density at radius 3 is 2.75 bits per heavy atom. The predicted octanol–water partition coefficient (Wildman–Crippen LogP) is 1.39. The molecular weight excluding hydrogens is 288 g/mol.